The van der Waals surface area contributed by atoms with Gasteiger partial charge in [-0.3, -0.25) is 0 Å². The van der Waals surface area contributed by atoms with E-state index in [0.29, 0.717) is 0 Å². The molecule has 1 atom stereocenters. The summed E-state index contributed by atoms with van der Waals surface area (Å²) in [6.07, 6.45) is 8.46. The van der Waals surface area contributed by atoms with E-state index in [9.17, 15) is 0 Å². The maximum Gasteiger partial charge on any atom is 0.0581 e. The molecule has 1 rings (SSSR count). The maximum absolute atomic E-state index is 8.78. The first-order chi connectivity index (χ1) is 6.33. The first kappa shape index (κ1) is 11.0. The van der Waals surface area contributed by atoms with Crippen molar-refractivity contribution in [3.8, 4) is 0 Å². The Kier molecular flexibility index (Phi) is 5.40. The van der Waals surface area contributed by atoms with Crippen LogP contribution >= 0.6 is 0 Å². The van der Waals surface area contributed by atoms with Gasteiger partial charge in [-0.1, -0.05) is 25.7 Å². The van der Waals surface area contributed by atoms with E-state index in [1.807, 2.05) is 6.92 Å². The average Bonchev–Trinajstić information content (AvgIpc) is 2.64. The zero-order chi connectivity index (χ0) is 9.52. The summed E-state index contributed by atoms with van der Waals surface area (Å²) in [5.41, 5.74) is 0. The smallest absolute Gasteiger partial charge is 0.0581 e. The van der Waals surface area contributed by atoms with Crippen molar-refractivity contribution < 1.29 is 5.11 Å². The highest BCUT2D eigenvalue weighted by Crippen LogP contribution is 2.28. The van der Waals surface area contributed by atoms with Crippen molar-refractivity contribution in [3.63, 3.8) is 0 Å². The molecule has 0 heterocycles. The van der Waals surface area contributed by atoms with Crippen molar-refractivity contribution in [1.29, 1.82) is 0 Å². The van der Waals surface area contributed by atoms with Crippen molar-refractivity contribution in [1.82, 2.24) is 5.32 Å². The monoisotopic (exact) mass is 185 g/mol. The Labute approximate surface area is 81.7 Å². The van der Waals surface area contributed by atoms with Crippen molar-refractivity contribution in [3.05, 3.63) is 0 Å². The van der Waals surface area contributed by atoms with E-state index in [2.05, 4.69) is 5.32 Å². The summed E-state index contributed by atoms with van der Waals surface area (Å²) in [5.74, 6) is 1.01. The minimum atomic E-state index is 0.253. The average molecular weight is 185 g/mol. The Balaban J connectivity index is 1.88. The predicted molar refractivity (Wildman–Crippen MR) is 55.7 cm³/mol. The number of nitrogens with one attached hydrogen (secondary N) is 1. The summed E-state index contributed by atoms with van der Waals surface area (Å²) in [7, 11) is 0. The van der Waals surface area contributed by atoms with Gasteiger partial charge in [-0.15, -0.1) is 0 Å². The van der Waals surface area contributed by atoms with Crippen LogP contribution in [-0.4, -0.2) is 24.3 Å². The van der Waals surface area contributed by atoms with E-state index in [1.54, 1.807) is 0 Å². The van der Waals surface area contributed by atoms with Crippen LogP contribution in [0.25, 0.3) is 0 Å². The standard InChI is InChI=1S/C11H23NO/c1-10(9-13)12-8-4-7-11-5-2-3-6-11/h10-13H,2-9H2,1H3. The van der Waals surface area contributed by atoms with E-state index in [-0.39, 0.29) is 12.6 Å². The van der Waals surface area contributed by atoms with Crippen molar-refractivity contribution in [2.24, 2.45) is 5.92 Å². The Morgan fingerprint density at radius 2 is 2.08 bits per heavy atom. The van der Waals surface area contributed by atoms with Gasteiger partial charge in [0.05, 0.1) is 6.61 Å². The van der Waals surface area contributed by atoms with Crippen LogP contribution in [0.4, 0.5) is 0 Å². The minimum absolute atomic E-state index is 0.253. The first-order valence-electron chi connectivity index (χ1n) is 5.67. The number of rotatable bonds is 6. The Morgan fingerprint density at radius 3 is 2.69 bits per heavy atom. The fourth-order valence-electron chi connectivity index (χ4n) is 2.10. The number of aliphatic hydroxyl groups excluding tert-OH is 1. The first-order valence-corrected chi connectivity index (χ1v) is 5.67. The molecule has 0 bridgehead atoms. The lowest BCUT2D eigenvalue weighted by molar-refractivity contribution is 0.250. The second-order valence-corrected chi connectivity index (χ2v) is 4.33. The van der Waals surface area contributed by atoms with E-state index in [4.69, 9.17) is 5.11 Å². The third-order valence-corrected chi connectivity index (χ3v) is 3.03. The van der Waals surface area contributed by atoms with Crippen molar-refractivity contribution >= 4 is 0 Å². The van der Waals surface area contributed by atoms with Gasteiger partial charge < -0.3 is 10.4 Å². The van der Waals surface area contributed by atoms with Crippen LogP contribution in [0.2, 0.25) is 0 Å². The summed E-state index contributed by atoms with van der Waals surface area (Å²) < 4.78 is 0. The molecule has 1 unspecified atom stereocenters. The molecule has 0 aliphatic heterocycles. The van der Waals surface area contributed by atoms with Crippen LogP contribution in [0.3, 0.4) is 0 Å². The number of hydrogen-bond acceptors (Lipinski definition) is 2. The van der Waals surface area contributed by atoms with Gasteiger partial charge >= 0.3 is 0 Å². The third kappa shape index (κ3) is 4.63. The number of hydrogen-bond donors (Lipinski definition) is 2. The third-order valence-electron chi connectivity index (χ3n) is 3.03. The molecular weight excluding hydrogens is 162 g/mol. The van der Waals surface area contributed by atoms with Crippen molar-refractivity contribution in [2.75, 3.05) is 13.2 Å². The van der Waals surface area contributed by atoms with Gasteiger partial charge in [0.15, 0.2) is 0 Å². The highest BCUT2D eigenvalue weighted by atomic mass is 16.3. The fraction of sp³-hybridized carbons (Fsp3) is 1.00. The van der Waals surface area contributed by atoms with E-state index in [1.165, 1.54) is 38.5 Å². The summed E-state index contributed by atoms with van der Waals surface area (Å²) in [6.45, 7) is 3.34. The summed E-state index contributed by atoms with van der Waals surface area (Å²) in [5, 5.41) is 12.1. The molecule has 0 aromatic rings. The second kappa shape index (κ2) is 6.39. The molecule has 2 nitrogen and oxygen atoms in total. The lowest BCUT2D eigenvalue weighted by Gasteiger charge is -2.12. The molecule has 1 saturated carbocycles. The second-order valence-electron chi connectivity index (χ2n) is 4.33. The molecule has 0 radical (unpaired) electrons. The Hall–Kier alpha value is -0.0800. The van der Waals surface area contributed by atoms with Crippen LogP contribution in [0, 0.1) is 5.92 Å². The van der Waals surface area contributed by atoms with Gasteiger partial charge in [-0.05, 0) is 32.2 Å². The lowest BCUT2D eigenvalue weighted by atomic mass is 10.0. The van der Waals surface area contributed by atoms with Crippen molar-refractivity contribution in [2.45, 2.75) is 51.5 Å². The molecule has 0 spiro atoms. The molecule has 2 N–H and O–H groups in total. The zero-order valence-corrected chi connectivity index (χ0v) is 8.76. The van der Waals surface area contributed by atoms with E-state index >= 15 is 0 Å². The quantitative estimate of drug-likeness (QED) is 0.620. The van der Waals surface area contributed by atoms with Crippen LogP contribution in [-0.2, 0) is 0 Å². The summed E-state index contributed by atoms with van der Waals surface area (Å²) in [4.78, 5) is 0. The van der Waals surface area contributed by atoms with Crippen LogP contribution in [0.15, 0.2) is 0 Å². The summed E-state index contributed by atoms with van der Waals surface area (Å²) >= 11 is 0. The zero-order valence-electron chi connectivity index (χ0n) is 8.76. The van der Waals surface area contributed by atoms with Gasteiger partial charge in [0.25, 0.3) is 0 Å². The SMILES string of the molecule is CC(CO)NCCCC1CCCC1. The molecule has 0 amide bonds. The minimum Gasteiger partial charge on any atom is -0.395 e. The molecule has 1 fully saturated rings. The molecule has 0 aromatic heterocycles. The molecule has 0 saturated heterocycles. The highest BCUT2D eigenvalue weighted by Gasteiger charge is 2.13. The molecular formula is C11H23NO. The topological polar surface area (TPSA) is 32.3 Å². The van der Waals surface area contributed by atoms with Crippen LogP contribution in [0.1, 0.15) is 45.4 Å². The Bertz CT molecular complexity index is 121. The van der Waals surface area contributed by atoms with Gasteiger partial charge in [0.2, 0.25) is 0 Å². The molecule has 13 heavy (non-hydrogen) atoms. The molecule has 2 heteroatoms. The van der Waals surface area contributed by atoms with E-state index < -0.39 is 0 Å². The van der Waals surface area contributed by atoms with Crippen LogP contribution in [0.5, 0.6) is 0 Å². The van der Waals surface area contributed by atoms with Gasteiger partial charge in [0.1, 0.15) is 0 Å². The van der Waals surface area contributed by atoms with Gasteiger partial charge in [0, 0.05) is 6.04 Å². The van der Waals surface area contributed by atoms with E-state index in [0.717, 1.165) is 12.5 Å². The van der Waals surface area contributed by atoms with Gasteiger partial charge in [-0.2, -0.15) is 0 Å². The highest BCUT2D eigenvalue weighted by molar-refractivity contribution is 4.68. The fourth-order valence-corrected chi connectivity index (χ4v) is 2.10. The molecule has 0 aromatic carbocycles. The largest absolute Gasteiger partial charge is 0.395 e. The normalized spacial score (nSPS) is 20.8. The molecule has 1 aliphatic rings. The lowest BCUT2D eigenvalue weighted by Crippen LogP contribution is -2.30. The van der Waals surface area contributed by atoms with Gasteiger partial charge in [-0.25, -0.2) is 0 Å². The predicted octanol–water partition coefficient (Wildman–Crippen LogP) is 1.93. The molecule has 78 valence electrons. The molecule has 1 aliphatic carbocycles. The number of aliphatic hydroxyl groups is 1. The Morgan fingerprint density at radius 1 is 1.38 bits per heavy atom. The summed E-state index contributed by atoms with van der Waals surface area (Å²) in [6, 6.07) is 0.267. The maximum atomic E-state index is 8.78. The van der Waals surface area contributed by atoms with Crippen LogP contribution < -0.4 is 5.32 Å².